The van der Waals surface area contributed by atoms with Crippen LogP contribution < -0.4 is 4.90 Å². The Labute approximate surface area is 163 Å². The molecule has 146 valence electrons. The fourth-order valence-electron chi connectivity index (χ4n) is 3.81. The van der Waals surface area contributed by atoms with Crippen LogP contribution in [0.4, 0.5) is 14.5 Å². The number of aryl methyl sites for hydroxylation is 1. The van der Waals surface area contributed by atoms with Crippen molar-refractivity contribution in [2.45, 2.75) is 20.4 Å². The molecule has 3 aromatic rings. The van der Waals surface area contributed by atoms with Crippen molar-refractivity contribution in [1.29, 1.82) is 0 Å². The van der Waals surface area contributed by atoms with Gasteiger partial charge in [0.1, 0.15) is 11.6 Å². The van der Waals surface area contributed by atoms with Crippen molar-refractivity contribution >= 4 is 5.69 Å². The van der Waals surface area contributed by atoms with Crippen LogP contribution in [0.3, 0.4) is 0 Å². The molecule has 28 heavy (non-hydrogen) atoms. The highest BCUT2D eigenvalue weighted by Gasteiger charge is 2.24. The summed E-state index contributed by atoms with van der Waals surface area (Å²) in [5.74, 6) is -0.215. The summed E-state index contributed by atoms with van der Waals surface area (Å²) in [6, 6.07) is 9.57. The molecule has 0 N–H and O–H groups in total. The van der Waals surface area contributed by atoms with Crippen molar-refractivity contribution in [3.8, 4) is 5.82 Å². The zero-order valence-corrected chi connectivity index (χ0v) is 16.1. The van der Waals surface area contributed by atoms with E-state index in [1.807, 2.05) is 29.8 Å². The number of aromatic nitrogens is 3. The van der Waals surface area contributed by atoms with E-state index in [4.69, 9.17) is 0 Å². The SMILES string of the molecule is Cc1nn(-c2ccccn2)c(C)c1N1CCN(Cc2ccc(F)cc2F)CC1. The van der Waals surface area contributed by atoms with Gasteiger partial charge in [-0.3, -0.25) is 4.90 Å². The molecule has 3 heterocycles. The Morgan fingerprint density at radius 2 is 1.79 bits per heavy atom. The average Bonchev–Trinajstić information content (AvgIpc) is 3.00. The smallest absolute Gasteiger partial charge is 0.153 e. The third-order valence-electron chi connectivity index (χ3n) is 5.22. The molecule has 4 rings (SSSR count). The maximum atomic E-state index is 13.9. The standard InChI is InChI=1S/C21H23F2N5/c1-15-21(16(2)28(25-15)20-5-3-4-8-24-20)27-11-9-26(10-12-27)14-17-6-7-18(22)13-19(17)23/h3-8,13H,9-12,14H2,1-2H3. The Kier molecular flexibility index (Phi) is 5.09. The number of nitrogens with zero attached hydrogens (tertiary/aromatic N) is 5. The van der Waals surface area contributed by atoms with Crippen molar-refractivity contribution in [3.05, 3.63) is 71.2 Å². The number of pyridine rings is 1. The van der Waals surface area contributed by atoms with Crippen LogP contribution in [0.15, 0.2) is 42.6 Å². The van der Waals surface area contributed by atoms with Gasteiger partial charge in [-0.15, -0.1) is 0 Å². The molecule has 0 amide bonds. The normalized spacial score (nSPS) is 15.2. The molecule has 7 heteroatoms. The topological polar surface area (TPSA) is 37.2 Å². The van der Waals surface area contributed by atoms with Gasteiger partial charge in [0.05, 0.1) is 17.1 Å². The monoisotopic (exact) mass is 383 g/mol. The molecular weight excluding hydrogens is 360 g/mol. The number of halogens is 2. The Hall–Kier alpha value is -2.80. The first-order valence-electron chi connectivity index (χ1n) is 9.42. The number of hydrogen-bond donors (Lipinski definition) is 0. The molecule has 2 aromatic heterocycles. The summed E-state index contributed by atoms with van der Waals surface area (Å²) in [5.41, 5.74) is 3.71. The number of hydrogen-bond acceptors (Lipinski definition) is 4. The molecule has 1 fully saturated rings. The summed E-state index contributed by atoms with van der Waals surface area (Å²) >= 11 is 0. The second-order valence-corrected chi connectivity index (χ2v) is 7.12. The molecule has 0 saturated carbocycles. The second kappa shape index (κ2) is 7.67. The highest BCUT2D eigenvalue weighted by atomic mass is 19.1. The minimum absolute atomic E-state index is 0.481. The van der Waals surface area contributed by atoms with Crippen LogP contribution in [0, 0.1) is 25.5 Å². The van der Waals surface area contributed by atoms with E-state index in [-0.39, 0.29) is 0 Å². The molecule has 5 nitrogen and oxygen atoms in total. The molecule has 0 aliphatic carbocycles. The lowest BCUT2D eigenvalue weighted by Crippen LogP contribution is -2.46. The molecule has 1 aromatic carbocycles. The zero-order valence-electron chi connectivity index (χ0n) is 16.1. The van der Waals surface area contributed by atoms with Gasteiger partial charge >= 0.3 is 0 Å². The number of benzene rings is 1. The number of anilines is 1. The van der Waals surface area contributed by atoms with Crippen LogP contribution in [0.25, 0.3) is 5.82 Å². The van der Waals surface area contributed by atoms with Crippen LogP contribution in [0.2, 0.25) is 0 Å². The van der Waals surface area contributed by atoms with E-state index in [2.05, 4.69) is 26.8 Å². The molecule has 1 aliphatic heterocycles. The van der Waals surface area contributed by atoms with E-state index in [1.54, 1.807) is 6.20 Å². The predicted octanol–water partition coefficient (Wildman–Crippen LogP) is 3.48. The first kappa shape index (κ1) is 18.6. The van der Waals surface area contributed by atoms with Gasteiger partial charge in [0.2, 0.25) is 0 Å². The zero-order chi connectivity index (χ0) is 19.7. The fourth-order valence-corrected chi connectivity index (χ4v) is 3.81. The van der Waals surface area contributed by atoms with Crippen LogP contribution in [0.1, 0.15) is 17.0 Å². The Bertz CT molecular complexity index is 962. The molecular formula is C21H23F2N5. The highest BCUT2D eigenvalue weighted by Crippen LogP contribution is 2.27. The van der Waals surface area contributed by atoms with Gasteiger partial charge in [-0.05, 0) is 32.0 Å². The van der Waals surface area contributed by atoms with E-state index in [9.17, 15) is 8.78 Å². The van der Waals surface area contributed by atoms with Crippen molar-refractivity contribution in [3.63, 3.8) is 0 Å². The Morgan fingerprint density at radius 3 is 2.46 bits per heavy atom. The third-order valence-corrected chi connectivity index (χ3v) is 5.22. The van der Waals surface area contributed by atoms with E-state index in [1.165, 1.54) is 12.1 Å². The summed E-state index contributed by atoms with van der Waals surface area (Å²) in [7, 11) is 0. The van der Waals surface area contributed by atoms with Gasteiger partial charge in [0, 0.05) is 50.6 Å². The lowest BCUT2D eigenvalue weighted by Gasteiger charge is -2.36. The van der Waals surface area contributed by atoms with Gasteiger partial charge in [0.25, 0.3) is 0 Å². The first-order valence-corrected chi connectivity index (χ1v) is 9.42. The van der Waals surface area contributed by atoms with E-state index in [0.29, 0.717) is 12.1 Å². The van der Waals surface area contributed by atoms with Crippen LogP contribution in [-0.2, 0) is 6.54 Å². The first-order chi connectivity index (χ1) is 13.5. The second-order valence-electron chi connectivity index (χ2n) is 7.12. The van der Waals surface area contributed by atoms with Crippen molar-refractivity contribution < 1.29 is 8.78 Å². The molecule has 1 aliphatic rings. The van der Waals surface area contributed by atoms with Crippen LogP contribution in [0.5, 0.6) is 0 Å². The summed E-state index contributed by atoms with van der Waals surface area (Å²) in [6.45, 7) is 7.85. The van der Waals surface area contributed by atoms with Gasteiger partial charge < -0.3 is 4.90 Å². The molecule has 0 unspecified atom stereocenters. The van der Waals surface area contributed by atoms with Crippen molar-refractivity contribution in [2.24, 2.45) is 0 Å². The Morgan fingerprint density at radius 1 is 1.00 bits per heavy atom. The maximum Gasteiger partial charge on any atom is 0.153 e. The number of rotatable bonds is 4. The number of piperazine rings is 1. The van der Waals surface area contributed by atoms with Gasteiger partial charge in [-0.1, -0.05) is 12.1 Å². The summed E-state index contributed by atoms with van der Waals surface area (Å²) < 4.78 is 28.9. The van der Waals surface area contributed by atoms with Crippen LogP contribution in [-0.4, -0.2) is 45.8 Å². The van der Waals surface area contributed by atoms with Gasteiger partial charge in [-0.25, -0.2) is 18.4 Å². The predicted molar refractivity (Wildman–Crippen MR) is 105 cm³/mol. The maximum absolute atomic E-state index is 13.9. The van der Waals surface area contributed by atoms with Crippen LogP contribution >= 0.6 is 0 Å². The fraction of sp³-hybridized carbons (Fsp3) is 0.333. The van der Waals surface area contributed by atoms with Gasteiger partial charge in [0.15, 0.2) is 5.82 Å². The minimum Gasteiger partial charge on any atom is -0.366 e. The largest absolute Gasteiger partial charge is 0.366 e. The van der Waals surface area contributed by atoms with E-state index >= 15 is 0 Å². The average molecular weight is 383 g/mol. The van der Waals surface area contributed by atoms with Crippen molar-refractivity contribution in [2.75, 3.05) is 31.1 Å². The molecule has 0 radical (unpaired) electrons. The lowest BCUT2D eigenvalue weighted by atomic mass is 10.1. The quantitative estimate of drug-likeness (QED) is 0.691. The molecule has 1 saturated heterocycles. The molecule has 0 atom stereocenters. The van der Waals surface area contributed by atoms with Gasteiger partial charge in [-0.2, -0.15) is 5.10 Å². The third kappa shape index (κ3) is 3.62. The van der Waals surface area contributed by atoms with E-state index < -0.39 is 11.6 Å². The molecule has 0 bridgehead atoms. The minimum atomic E-state index is -0.540. The summed E-state index contributed by atoms with van der Waals surface area (Å²) in [6.07, 6.45) is 1.76. The van der Waals surface area contributed by atoms with Crippen molar-refractivity contribution in [1.82, 2.24) is 19.7 Å². The summed E-state index contributed by atoms with van der Waals surface area (Å²) in [4.78, 5) is 8.92. The Balaban J connectivity index is 1.46. The lowest BCUT2D eigenvalue weighted by molar-refractivity contribution is 0.246. The molecule has 0 spiro atoms. The highest BCUT2D eigenvalue weighted by molar-refractivity contribution is 5.56. The summed E-state index contributed by atoms with van der Waals surface area (Å²) in [5, 5.41) is 4.68. The van der Waals surface area contributed by atoms with E-state index in [0.717, 1.165) is 55.1 Å².